The molecular formula is C20H27N3O3. The minimum Gasteiger partial charge on any atom is -0.492 e. The van der Waals surface area contributed by atoms with Gasteiger partial charge in [0.2, 0.25) is 0 Å². The predicted molar refractivity (Wildman–Crippen MR) is 101 cm³/mol. The van der Waals surface area contributed by atoms with E-state index in [2.05, 4.69) is 25.9 Å². The lowest BCUT2D eigenvalue weighted by molar-refractivity contribution is 0.0620. The highest BCUT2D eigenvalue weighted by Crippen LogP contribution is 2.23. The van der Waals surface area contributed by atoms with Gasteiger partial charge in [-0.15, -0.1) is 0 Å². The van der Waals surface area contributed by atoms with E-state index in [-0.39, 0.29) is 35.2 Å². The molecule has 0 fully saturated rings. The van der Waals surface area contributed by atoms with E-state index in [1.165, 1.54) is 16.8 Å². The maximum atomic E-state index is 12.7. The molecule has 6 heteroatoms. The monoisotopic (exact) mass is 357 g/mol. The van der Waals surface area contributed by atoms with Crippen LogP contribution in [0.3, 0.4) is 0 Å². The minimum absolute atomic E-state index is 0.0265. The van der Waals surface area contributed by atoms with Crippen LogP contribution in [0, 0.1) is 5.41 Å². The van der Waals surface area contributed by atoms with Gasteiger partial charge in [-0.25, -0.2) is 4.68 Å². The molecule has 0 saturated carbocycles. The number of carbonyl (C=O) groups is 1. The van der Waals surface area contributed by atoms with Gasteiger partial charge in [0.15, 0.2) is 0 Å². The van der Waals surface area contributed by atoms with Crippen LogP contribution < -0.4 is 10.3 Å². The van der Waals surface area contributed by atoms with Gasteiger partial charge in [0, 0.05) is 19.2 Å². The molecule has 1 heterocycles. The molecule has 0 aliphatic heterocycles. The summed E-state index contributed by atoms with van der Waals surface area (Å²) in [5, 5.41) is 4.22. The van der Waals surface area contributed by atoms with Crippen LogP contribution >= 0.6 is 0 Å². The number of hydrogen-bond donors (Lipinski definition) is 0. The SMILES string of the molecule is C[C@H](N(C)C(=O)c1ccc(=O)n(CCOc2ccccc2)n1)C(C)(C)C. The van der Waals surface area contributed by atoms with Crippen molar-refractivity contribution >= 4 is 5.91 Å². The highest BCUT2D eigenvalue weighted by Gasteiger charge is 2.28. The average molecular weight is 357 g/mol. The summed E-state index contributed by atoms with van der Waals surface area (Å²) in [6, 6.07) is 12.2. The Kier molecular flexibility index (Phi) is 6.18. The second-order valence-electron chi connectivity index (χ2n) is 7.40. The number of ether oxygens (including phenoxy) is 1. The summed E-state index contributed by atoms with van der Waals surface area (Å²) in [6.07, 6.45) is 0. The molecule has 6 nitrogen and oxygen atoms in total. The number of carbonyl (C=O) groups excluding carboxylic acids is 1. The lowest BCUT2D eigenvalue weighted by Gasteiger charge is -2.35. The molecule has 0 unspecified atom stereocenters. The Labute approximate surface area is 154 Å². The molecule has 2 rings (SSSR count). The molecule has 1 aromatic heterocycles. The minimum atomic E-state index is -0.260. The first-order chi connectivity index (χ1) is 12.2. The number of rotatable bonds is 6. The van der Waals surface area contributed by atoms with Crippen molar-refractivity contribution in [1.82, 2.24) is 14.7 Å². The number of hydrogen-bond acceptors (Lipinski definition) is 4. The van der Waals surface area contributed by atoms with Gasteiger partial charge in [-0.3, -0.25) is 9.59 Å². The third-order valence-electron chi connectivity index (χ3n) is 4.56. The van der Waals surface area contributed by atoms with Crippen LogP contribution in [-0.2, 0) is 6.54 Å². The van der Waals surface area contributed by atoms with Crippen LogP contribution in [-0.4, -0.2) is 40.3 Å². The first-order valence-corrected chi connectivity index (χ1v) is 8.73. The third kappa shape index (κ3) is 4.94. The number of para-hydroxylation sites is 1. The second-order valence-corrected chi connectivity index (χ2v) is 7.40. The van der Waals surface area contributed by atoms with Gasteiger partial charge >= 0.3 is 0 Å². The topological polar surface area (TPSA) is 64.4 Å². The van der Waals surface area contributed by atoms with Gasteiger partial charge in [0.25, 0.3) is 11.5 Å². The summed E-state index contributed by atoms with van der Waals surface area (Å²) in [5.41, 5.74) is -0.0600. The molecule has 140 valence electrons. The predicted octanol–water partition coefficient (Wildman–Crippen LogP) is 2.83. The quantitative estimate of drug-likeness (QED) is 0.797. The van der Waals surface area contributed by atoms with Crippen LogP contribution in [0.1, 0.15) is 38.2 Å². The Morgan fingerprint density at radius 3 is 2.46 bits per heavy atom. The highest BCUT2D eigenvalue weighted by molar-refractivity contribution is 5.92. The standard InChI is InChI=1S/C20H27N3O3/c1-15(20(2,3)4)22(5)19(25)17-11-12-18(24)23(21-17)13-14-26-16-9-7-6-8-10-16/h6-12,15H,13-14H2,1-5H3/t15-/m0/s1. The normalized spacial score (nSPS) is 12.5. The van der Waals surface area contributed by atoms with E-state index in [1.807, 2.05) is 37.3 Å². The molecule has 0 bridgehead atoms. The lowest BCUT2D eigenvalue weighted by Crippen LogP contribution is -2.43. The summed E-state index contributed by atoms with van der Waals surface area (Å²) in [5.74, 6) is 0.525. The zero-order valence-electron chi connectivity index (χ0n) is 16.1. The van der Waals surface area contributed by atoms with Crippen molar-refractivity contribution < 1.29 is 9.53 Å². The fourth-order valence-corrected chi connectivity index (χ4v) is 2.43. The third-order valence-corrected chi connectivity index (χ3v) is 4.56. The fraction of sp³-hybridized carbons (Fsp3) is 0.450. The van der Waals surface area contributed by atoms with E-state index in [0.717, 1.165) is 5.75 Å². The average Bonchev–Trinajstić information content (AvgIpc) is 2.61. The molecule has 0 radical (unpaired) electrons. The van der Waals surface area contributed by atoms with Gasteiger partial charge in [0.05, 0.1) is 6.54 Å². The van der Waals surface area contributed by atoms with E-state index < -0.39 is 0 Å². The zero-order chi connectivity index (χ0) is 19.3. The summed E-state index contributed by atoms with van der Waals surface area (Å²) in [6.45, 7) is 8.81. The Balaban J connectivity index is 2.08. The maximum Gasteiger partial charge on any atom is 0.274 e. The number of nitrogens with zero attached hydrogens (tertiary/aromatic N) is 3. The first-order valence-electron chi connectivity index (χ1n) is 8.73. The summed E-state index contributed by atoms with van der Waals surface area (Å²) in [7, 11) is 1.76. The first kappa shape index (κ1) is 19.7. The van der Waals surface area contributed by atoms with E-state index in [9.17, 15) is 9.59 Å². The molecule has 0 N–H and O–H groups in total. The number of amides is 1. The maximum absolute atomic E-state index is 12.7. The van der Waals surface area contributed by atoms with Crippen molar-refractivity contribution in [2.75, 3.05) is 13.7 Å². The van der Waals surface area contributed by atoms with E-state index in [4.69, 9.17) is 4.74 Å². The largest absolute Gasteiger partial charge is 0.492 e. The van der Waals surface area contributed by atoms with Crippen LogP contribution in [0.2, 0.25) is 0 Å². The number of benzene rings is 1. The van der Waals surface area contributed by atoms with E-state index >= 15 is 0 Å². The van der Waals surface area contributed by atoms with Crippen LogP contribution in [0.5, 0.6) is 5.75 Å². The van der Waals surface area contributed by atoms with Crippen molar-refractivity contribution in [1.29, 1.82) is 0 Å². The Morgan fingerprint density at radius 2 is 1.85 bits per heavy atom. The molecular weight excluding hydrogens is 330 g/mol. The highest BCUT2D eigenvalue weighted by atomic mass is 16.5. The molecule has 0 saturated heterocycles. The van der Waals surface area contributed by atoms with E-state index in [1.54, 1.807) is 11.9 Å². The Bertz CT molecular complexity index is 794. The molecule has 1 aromatic carbocycles. The van der Waals surface area contributed by atoms with Crippen molar-refractivity contribution in [3.05, 3.63) is 58.5 Å². The molecule has 1 amide bonds. The molecule has 0 aliphatic carbocycles. The Morgan fingerprint density at radius 1 is 1.19 bits per heavy atom. The molecule has 1 atom stereocenters. The van der Waals surface area contributed by atoms with E-state index in [0.29, 0.717) is 6.61 Å². The van der Waals surface area contributed by atoms with Crippen molar-refractivity contribution in [2.24, 2.45) is 5.41 Å². The lowest BCUT2D eigenvalue weighted by atomic mass is 9.87. The van der Waals surface area contributed by atoms with Crippen LogP contribution in [0.15, 0.2) is 47.3 Å². The summed E-state index contributed by atoms with van der Waals surface area (Å²) < 4.78 is 6.87. The number of aromatic nitrogens is 2. The smallest absolute Gasteiger partial charge is 0.274 e. The van der Waals surface area contributed by atoms with Crippen molar-refractivity contribution in [3.8, 4) is 5.75 Å². The fourth-order valence-electron chi connectivity index (χ4n) is 2.43. The summed E-state index contributed by atoms with van der Waals surface area (Å²) in [4.78, 5) is 26.4. The molecule has 2 aromatic rings. The molecule has 0 aliphatic rings. The van der Waals surface area contributed by atoms with Crippen molar-refractivity contribution in [3.63, 3.8) is 0 Å². The zero-order valence-corrected chi connectivity index (χ0v) is 16.1. The molecule has 26 heavy (non-hydrogen) atoms. The van der Waals surface area contributed by atoms with Gasteiger partial charge in [-0.2, -0.15) is 5.10 Å². The Hall–Kier alpha value is -2.63. The van der Waals surface area contributed by atoms with Crippen LogP contribution in [0.4, 0.5) is 0 Å². The van der Waals surface area contributed by atoms with Gasteiger partial charge < -0.3 is 9.64 Å². The van der Waals surface area contributed by atoms with Crippen LogP contribution in [0.25, 0.3) is 0 Å². The van der Waals surface area contributed by atoms with Gasteiger partial charge in [-0.1, -0.05) is 39.0 Å². The van der Waals surface area contributed by atoms with Crippen molar-refractivity contribution in [2.45, 2.75) is 40.3 Å². The van der Waals surface area contributed by atoms with Gasteiger partial charge in [0.1, 0.15) is 18.1 Å². The molecule has 0 spiro atoms. The van der Waals surface area contributed by atoms with Gasteiger partial charge in [-0.05, 0) is 30.5 Å². The second kappa shape index (κ2) is 8.17. The summed E-state index contributed by atoms with van der Waals surface area (Å²) >= 11 is 0.